The Bertz CT molecular complexity index is 372. The Morgan fingerprint density at radius 2 is 2.11 bits per heavy atom. The molecule has 102 valence electrons. The predicted molar refractivity (Wildman–Crippen MR) is 77.3 cm³/mol. The van der Waals surface area contributed by atoms with Crippen LogP contribution in [-0.4, -0.2) is 18.0 Å². The van der Waals surface area contributed by atoms with Gasteiger partial charge in [0.05, 0.1) is 7.11 Å². The number of nitrogen functional groups attached to an aromatic ring is 1. The van der Waals surface area contributed by atoms with Gasteiger partial charge in [0, 0.05) is 6.54 Å². The van der Waals surface area contributed by atoms with Crippen LogP contribution in [0.1, 0.15) is 39.0 Å². The van der Waals surface area contributed by atoms with Crippen molar-refractivity contribution in [2.75, 3.05) is 24.7 Å². The molecule has 0 unspecified atom stereocenters. The molecular formula is C13H23N3OS. The third-order valence-corrected chi connectivity index (χ3v) is 4.65. The quantitative estimate of drug-likeness (QED) is 0.860. The van der Waals surface area contributed by atoms with Gasteiger partial charge in [0.15, 0.2) is 16.6 Å². The zero-order chi connectivity index (χ0) is 13.0. The van der Waals surface area contributed by atoms with E-state index < -0.39 is 0 Å². The normalized spacial score (nSPS) is 23.9. The summed E-state index contributed by atoms with van der Waals surface area (Å²) in [5.74, 6) is 2.98. The van der Waals surface area contributed by atoms with Crippen molar-refractivity contribution in [3.05, 3.63) is 0 Å². The third kappa shape index (κ3) is 3.28. The highest BCUT2D eigenvalue weighted by Gasteiger charge is 2.18. The molecule has 1 saturated carbocycles. The molecule has 0 saturated heterocycles. The molecule has 0 aliphatic heterocycles. The molecular weight excluding hydrogens is 246 g/mol. The summed E-state index contributed by atoms with van der Waals surface area (Å²) in [5, 5.41) is 4.35. The van der Waals surface area contributed by atoms with Gasteiger partial charge in [-0.25, -0.2) is 0 Å². The van der Waals surface area contributed by atoms with Gasteiger partial charge in [-0.1, -0.05) is 32.6 Å². The van der Waals surface area contributed by atoms with Crippen LogP contribution in [0.25, 0.3) is 0 Å². The molecule has 4 nitrogen and oxygen atoms in total. The average Bonchev–Trinajstić information content (AvgIpc) is 2.72. The fourth-order valence-electron chi connectivity index (χ4n) is 2.61. The lowest BCUT2D eigenvalue weighted by Crippen LogP contribution is -2.15. The van der Waals surface area contributed by atoms with Crippen molar-refractivity contribution in [3.8, 4) is 5.75 Å². The molecule has 1 aromatic rings. The van der Waals surface area contributed by atoms with Crippen LogP contribution in [0, 0.1) is 11.8 Å². The fraction of sp³-hybridized carbons (Fsp3) is 0.769. The van der Waals surface area contributed by atoms with E-state index in [0.717, 1.165) is 23.4 Å². The van der Waals surface area contributed by atoms with Crippen LogP contribution in [-0.2, 0) is 0 Å². The summed E-state index contributed by atoms with van der Waals surface area (Å²) in [6.45, 7) is 3.34. The Kier molecular flexibility index (Phi) is 4.69. The monoisotopic (exact) mass is 269 g/mol. The van der Waals surface area contributed by atoms with Crippen molar-refractivity contribution in [2.45, 2.75) is 39.0 Å². The van der Waals surface area contributed by atoms with E-state index in [1.54, 1.807) is 7.11 Å². The molecule has 1 aliphatic rings. The molecule has 0 amide bonds. The molecule has 1 heterocycles. The third-order valence-electron chi connectivity index (χ3n) is 3.85. The Labute approximate surface area is 113 Å². The van der Waals surface area contributed by atoms with Gasteiger partial charge in [0.2, 0.25) is 0 Å². The summed E-state index contributed by atoms with van der Waals surface area (Å²) in [6, 6.07) is 0. The first-order valence-electron chi connectivity index (χ1n) is 6.73. The first kappa shape index (κ1) is 13.5. The molecule has 0 aromatic carbocycles. The van der Waals surface area contributed by atoms with Crippen LogP contribution in [0.3, 0.4) is 0 Å². The van der Waals surface area contributed by atoms with Crippen molar-refractivity contribution in [2.24, 2.45) is 11.8 Å². The van der Waals surface area contributed by atoms with Crippen molar-refractivity contribution in [3.63, 3.8) is 0 Å². The van der Waals surface area contributed by atoms with Gasteiger partial charge < -0.3 is 15.8 Å². The van der Waals surface area contributed by atoms with Gasteiger partial charge in [0.1, 0.15) is 0 Å². The van der Waals surface area contributed by atoms with Crippen LogP contribution in [0.4, 0.5) is 10.8 Å². The molecule has 2 rings (SSSR count). The van der Waals surface area contributed by atoms with E-state index in [-0.39, 0.29) is 0 Å². The molecule has 1 aromatic heterocycles. The summed E-state index contributed by atoms with van der Waals surface area (Å²) in [5.41, 5.74) is 5.72. The number of hydrogen-bond donors (Lipinski definition) is 2. The van der Waals surface area contributed by atoms with Crippen molar-refractivity contribution in [1.82, 2.24) is 4.37 Å². The average molecular weight is 269 g/mol. The molecule has 0 bridgehead atoms. The number of rotatable bonds is 5. The standard InChI is InChI=1S/C13H23N3OS/c1-9-3-5-10(6-4-9)7-8-15-13-11(17-2)12(14)16-18-13/h9-10,15H,3-8H2,1-2H3,(H2,14,16). The predicted octanol–water partition coefficient (Wildman–Crippen LogP) is 3.36. The van der Waals surface area contributed by atoms with E-state index in [9.17, 15) is 0 Å². The van der Waals surface area contributed by atoms with E-state index in [1.807, 2.05) is 0 Å². The topological polar surface area (TPSA) is 60.2 Å². The lowest BCUT2D eigenvalue weighted by atomic mass is 9.81. The van der Waals surface area contributed by atoms with Gasteiger partial charge in [-0.2, -0.15) is 4.37 Å². The second kappa shape index (κ2) is 6.27. The number of ether oxygens (including phenoxy) is 1. The first-order chi connectivity index (χ1) is 8.70. The number of anilines is 2. The van der Waals surface area contributed by atoms with Crippen LogP contribution in [0.2, 0.25) is 0 Å². The number of nitrogens with two attached hydrogens (primary N) is 1. The Hall–Kier alpha value is -0.970. The van der Waals surface area contributed by atoms with Gasteiger partial charge in [0.25, 0.3) is 0 Å². The molecule has 5 heteroatoms. The smallest absolute Gasteiger partial charge is 0.197 e. The minimum atomic E-state index is 0.483. The van der Waals surface area contributed by atoms with Gasteiger partial charge in [-0.15, -0.1) is 0 Å². The number of hydrogen-bond acceptors (Lipinski definition) is 5. The van der Waals surface area contributed by atoms with E-state index in [1.165, 1.54) is 43.6 Å². The largest absolute Gasteiger partial charge is 0.490 e. The lowest BCUT2D eigenvalue weighted by molar-refractivity contribution is 0.282. The highest BCUT2D eigenvalue weighted by molar-refractivity contribution is 7.11. The SMILES string of the molecule is COc1c(N)nsc1NCCC1CCC(C)CC1. The van der Waals surface area contributed by atoms with Crippen LogP contribution in [0.15, 0.2) is 0 Å². The van der Waals surface area contributed by atoms with Crippen molar-refractivity contribution in [1.29, 1.82) is 0 Å². The van der Waals surface area contributed by atoms with Crippen molar-refractivity contribution < 1.29 is 4.74 Å². The maximum absolute atomic E-state index is 5.72. The van der Waals surface area contributed by atoms with E-state index in [2.05, 4.69) is 16.6 Å². The molecule has 0 radical (unpaired) electrons. The van der Waals surface area contributed by atoms with Gasteiger partial charge in [-0.05, 0) is 29.8 Å². The summed E-state index contributed by atoms with van der Waals surface area (Å²) >= 11 is 1.38. The van der Waals surface area contributed by atoms with E-state index in [4.69, 9.17) is 10.5 Å². The number of nitrogens with zero attached hydrogens (tertiary/aromatic N) is 1. The Balaban J connectivity index is 1.75. The van der Waals surface area contributed by atoms with Gasteiger partial charge in [-0.3, -0.25) is 0 Å². The van der Waals surface area contributed by atoms with E-state index in [0.29, 0.717) is 11.6 Å². The highest BCUT2D eigenvalue weighted by atomic mass is 32.1. The summed E-state index contributed by atoms with van der Waals surface area (Å²) in [7, 11) is 1.63. The Morgan fingerprint density at radius 3 is 2.78 bits per heavy atom. The molecule has 1 fully saturated rings. The fourth-order valence-corrected chi connectivity index (χ4v) is 3.32. The Morgan fingerprint density at radius 1 is 1.39 bits per heavy atom. The summed E-state index contributed by atoms with van der Waals surface area (Å²) in [6.07, 6.45) is 6.77. The van der Waals surface area contributed by atoms with E-state index >= 15 is 0 Å². The summed E-state index contributed by atoms with van der Waals surface area (Å²) < 4.78 is 9.33. The first-order valence-corrected chi connectivity index (χ1v) is 7.51. The lowest BCUT2D eigenvalue weighted by Gasteiger charge is -2.26. The second-order valence-corrected chi connectivity index (χ2v) is 6.04. The molecule has 0 atom stereocenters. The van der Waals surface area contributed by atoms with Crippen LogP contribution >= 0.6 is 11.5 Å². The van der Waals surface area contributed by atoms with Crippen LogP contribution < -0.4 is 15.8 Å². The number of methoxy groups -OCH3 is 1. The van der Waals surface area contributed by atoms with Crippen molar-refractivity contribution >= 4 is 22.4 Å². The summed E-state index contributed by atoms with van der Waals surface area (Å²) in [4.78, 5) is 0. The zero-order valence-electron chi connectivity index (χ0n) is 11.2. The molecule has 0 spiro atoms. The number of aromatic nitrogens is 1. The second-order valence-electron chi connectivity index (χ2n) is 5.27. The number of nitrogens with one attached hydrogen (secondary N) is 1. The minimum Gasteiger partial charge on any atom is -0.490 e. The minimum absolute atomic E-state index is 0.483. The molecule has 3 N–H and O–H groups in total. The van der Waals surface area contributed by atoms with Gasteiger partial charge >= 0.3 is 0 Å². The zero-order valence-corrected chi connectivity index (χ0v) is 12.1. The van der Waals surface area contributed by atoms with Crippen LogP contribution in [0.5, 0.6) is 5.75 Å². The molecule has 1 aliphatic carbocycles. The molecule has 18 heavy (non-hydrogen) atoms. The highest BCUT2D eigenvalue weighted by Crippen LogP contribution is 2.35. The maximum Gasteiger partial charge on any atom is 0.197 e. The maximum atomic E-state index is 5.72.